The number of carbonyl (C=O) groups is 1. The van der Waals surface area contributed by atoms with Gasteiger partial charge in [-0.1, -0.05) is 43.5 Å². The fourth-order valence-electron chi connectivity index (χ4n) is 2.62. The highest BCUT2D eigenvalue weighted by Gasteiger charge is 2.15. The highest BCUT2D eigenvalue weighted by molar-refractivity contribution is 5.82. The van der Waals surface area contributed by atoms with Gasteiger partial charge in [0, 0.05) is 0 Å². The van der Waals surface area contributed by atoms with Gasteiger partial charge in [0.2, 0.25) is 5.91 Å². The van der Waals surface area contributed by atoms with Crippen LogP contribution in [0.2, 0.25) is 0 Å². The summed E-state index contributed by atoms with van der Waals surface area (Å²) in [5.74, 6) is 4.75. The van der Waals surface area contributed by atoms with Crippen molar-refractivity contribution in [2.24, 2.45) is 5.84 Å². The lowest BCUT2D eigenvalue weighted by Crippen LogP contribution is -2.33. The maximum Gasteiger partial charge on any atom is 0.241 e. The summed E-state index contributed by atoms with van der Waals surface area (Å²) in [7, 11) is 0. The topological polar surface area (TPSA) is 64.4 Å². The molecule has 1 aliphatic rings. The molecule has 1 aliphatic carbocycles. The maximum absolute atomic E-state index is 11.5. The summed E-state index contributed by atoms with van der Waals surface area (Å²) in [5.41, 5.74) is 4.30. The van der Waals surface area contributed by atoms with Crippen molar-refractivity contribution in [1.82, 2.24) is 5.43 Å². The van der Waals surface area contributed by atoms with E-state index in [-0.39, 0.29) is 11.8 Å². The van der Waals surface area contributed by atoms with Gasteiger partial charge in [0.05, 0.1) is 18.6 Å². The molecule has 0 bridgehead atoms. The van der Waals surface area contributed by atoms with Crippen molar-refractivity contribution in [2.45, 2.75) is 57.7 Å². The monoisotopic (exact) mass is 276 g/mol. The van der Waals surface area contributed by atoms with Crippen molar-refractivity contribution < 1.29 is 9.53 Å². The lowest BCUT2D eigenvalue weighted by atomic mass is 9.97. The van der Waals surface area contributed by atoms with E-state index in [1.807, 2.05) is 31.2 Å². The number of benzene rings is 1. The first-order valence-corrected chi connectivity index (χ1v) is 7.41. The van der Waals surface area contributed by atoms with E-state index in [0.29, 0.717) is 12.7 Å². The van der Waals surface area contributed by atoms with Crippen molar-refractivity contribution in [2.75, 3.05) is 0 Å². The number of hydrogen-bond donors (Lipinski definition) is 2. The molecular formula is C16H24N2O2. The van der Waals surface area contributed by atoms with Gasteiger partial charge in [-0.3, -0.25) is 10.2 Å². The van der Waals surface area contributed by atoms with Crippen LogP contribution in [0.1, 0.15) is 56.1 Å². The smallest absolute Gasteiger partial charge is 0.241 e. The van der Waals surface area contributed by atoms with Crippen molar-refractivity contribution in [3.63, 3.8) is 0 Å². The third-order valence-electron chi connectivity index (χ3n) is 4.05. The fourth-order valence-corrected chi connectivity index (χ4v) is 2.62. The summed E-state index contributed by atoms with van der Waals surface area (Å²) in [5, 5.41) is 0. The van der Waals surface area contributed by atoms with Crippen LogP contribution >= 0.6 is 0 Å². The molecule has 20 heavy (non-hydrogen) atoms. The second kappa shape index (κ2) is 7.41. The lowest BCUT2D eigenvalue weighted by molar-refractivity contribution is -0.122. The summed E-state index contributed by atoms with van der Waals surface area (Å²) in [6, 6.07) is 8.00. The predicted molar refractivity (Wildman–Crippen MR) is 78.8 cm³/mol. The van der Waals surface area contributed by atoms with E-state index in [4.69, 9.17) is 10.6 Å². The Morgan fingerprint density at radius 2 is 1.95 bits per heavy atom. The average Bonchev–Trinajstić information content (AvgIpc) is 2.53. The van der Waals surface area contributed by atoms with Gasteiger partial charge in [0.1, 0.15) is 0 Å². The van der Waals surface area contributed by atoms with Crippen LogP contribution in [-0.2, 0) is 16.1 Å². The number of nitrogens with one attached hydrogen (secondary N) is 1. The molecule has 0 saturated heterocycles. The van der Waals surface area contributed by atoms with Crippen molar-refractivity contribution in [3.05, 3.63) is 35.4 Å². The molecule has 3 N–H and O–H groups in total. The van der Waals surface area contributed by atoms with Crippen LogP contribution in [0.25, 0.3) is 0 Å². The number of ether oxygens (including phenoxy) is 1. The largest absolute Gasteiger partial charge is 0.374 e. The number of hydrazine groups is 1. The molecule has 1 amide bonds. The Labute approximate surface area is 120 Å². The van der Waals surface area contributed by atoms with Gasteiger partial charge in [-0.2, -0.15) is 0 Å². The number of nitrogens with two attached hydrogens (primary N) is 1. The second-order valence-electron chi connectivity index (χ2n) is 5.54. The number of carbonyl (C=O) groups excluding carboxylic acids is 1. The third-order valence-corrected chi connectivity index (χ3v) is 4.05. The summed E-state index contributed by atoms with van der Waals surface area (Å²) in [6.07, 6.45) is 6.71. The van der Waals surface area contributed by atoms with Gasteiger partial charge in [-0.15, -0.1) is 0 Å². The molecule has 2 rings (SSSR count). The van der Waals surface area contributed by atoms with Gasteiger partial charge in [0.15, 0.2) is 0 Å². The maximum atomic E-state index is 11.5. The highest BCUT2D eigenvalue weighted by atomic mass is 16.5. The van der Waals surface area contributed by atoms with Gasteiger partial charge in [0.25, 0.3) is 0 Å². The molecule has 0 aromatic heterocycles. The molecule has 0 heterocycles. The van der Waals surface area contributed by atoms with Crippen molar-refractivity contribution in [1.29, 1.82) is 0 Å². The molecule has 1 saturated carbocycles. The van der Waals surface area contributed by atoms with Gasteiger partial charge < -0.3 is 4.74 Å². The van der Waals surface area contributed by atoms with Crippen LogP contribution in [0, 0.1) is 0 Å². The molecule has 0 spiro atoms. The third kappa shape index (κ3) is 4.05. The summed E-state index contributed by atoms with van der Waals surface area (Å²) >= 11 is 0. The summed E-state index contributed by atoms with van der Waals surface area (Å²) in [4.78, 5) is 11.5. The van der Waals surface area contributed by atoms with E-state index in [1.165, 1.54) is 32.1 Å². The molecule has 0 radical (unpaired) electrons. The van der Waals surface area contributed by atoms with E-state index in [9.17, 15) is 4.79 Å². The minimum atomic E-state index is -0.228. The normalized spacial score (nSPS) is 17.7. The van der Waals surface area contributed by atoms with E-state index in [0.717, 1.165) is 11.1 Å². The fraction of sp³-hybridized carbons (Fsp3) is 0.562. The van der Waals surface area contributed by atoms with Crippen LogP contribution in [0.15, 0.2) is 24.3 Å². The number of rotatable bonds is 5. The molecule has 1 atom stereocenters. The van der Waals surface area contributed by atoms with Crippen molar-refractivity contribution in [3.8, 4) is 0 Å². The van der Waals surface area contributed by atoms with Gasteiger partial charge in [-0.25, -0.2) is 5.84 Å². The first-order valence-electron chi connectivity index (χ1n) is 7.41. The Bertz CT molecular complexity index is 425. The zero-order chi connectivity index (χ0) is 14.4. The first-order chi connectivity index (χ1) is 9.70. The van der Waals surface area contributed by atoms with E-state index < -0.39 is 0 Å². The van der Waals surface area contributed by atoms with E-state index in [1.54, 1.807) is 0 Å². The lowest BCUT2D eigenvalue weighted by Gasteiger charge is -2.22. The quantitative estimate of drug-likeness (QED) is 0.493. The van der Waals surface area contributed by atoms with Crippen LogP contribution in [0.5, 0.6) is 0 Å². The Kier molecular flexibility index (Phi) is 5.56. The van der Waals surface area contributed by atoms with Crippen molar-refractivity contribution >= 4 is 5.91 Å². The average molecular weight is 276 g/mol. The van der Waals surface area contributed by atoms with E-state index >= 15 is 0 Å². The molecule has 1 fully saturated rings. The molecule has 110 valence electrons. The minimum Gasteiger partial charge on any atom is -0.374 e. The van der Waals surface area contributed by atoms with Crippen LogP contribution in [0.3, 0.4) is 0 Å². The first kappa shape index (κ1) is 15.0. The molecule has 1 aromatic rings. The standard InChI is InChI=1S/C16H24N2O2/c1-12(16(19)18-17)14-9-7-13(8-10-14)11-20-15-5-3-2-4-6-15/h7-10,12,15H,2-6,11,17H2,1H3,(H,18,19). The Morgan fingerprint density at radius 3 is 2.55 bits per heavy atom. The van der Waals surface area contributed by atoms with Gasteiger partial charge >= 0.3 is 0 Å². The van der Waals surface area contributed by atoms with Crippen LogP contribution in [0.4, 0.5) is 0 Å². The Balaban J connectivity index is 1.86. The molecular weight excluding hydrogens is 252 g/mol. The number of amides is 1. The number of hydrogen-bond acceptors (Lipinski definition) is 3. The van der Waals surface area contributed by atoms with E-state index in [2.05, 4.69) is 5.43 Å². The summed E-state index contributed by atoms with van der Waals surface area (Å²) < 4.78 is 5.94. The molecule has 1 aromatic carbocycles. The SMILES string of the molecule is CC(C(=O)NN)c1ccc(COC2CCCCC2)cc1. The van der Waals surface area contributed by atoms with Crippen LogP contribution in [-0.4, -0.2) is 12.0 Å². The Hall–Kier alpha value is -1.39. The molecule has 4 nitrogen and oxygen atoms in total. The van der Waals surface area contributed by atoms with Gasteiger partial charge in [-0.05, 0) is 30.9 Å². The predicted octanol–water partition coefficient (Wildman–Crippen LogP) is 2.63. The van der Waals surface area contributed by atoms with Crippen LogP contribution < -0.4 is 11.3 Å². The zero-order valence-electron chi connectivity index (χ0n) is 12.1. The minimum absolute atomic E-state index is 0.170. The molecule has 0 aliphatic heterocycles. The second-order valence-corrected chi connectivity index (χ2v) is 5.54. The Morgan fingerprint density at radius 1 is 1.30 bits per heavy atom. The molecule has 1 unspecified atom stereocenters. The highest BCUT2D eigenvalue weighted by Crippen LogP contribution is 2.22. The summed E-state index contributed by atoms with van der Waals surface area (Å²) in [6.45, 7) is 2.50. The zero-order valence-corrected chi connectivity index (χ0v) is 12.1. The molecule has 4 heteroatoms.